The molecule has 6 heteroatoms. The summed E-state index contributed by atoms with van der Waals surface area (Å²) in [6.07, 6.45) is 0.531. The van der Waals surface area contributed by atoms with Crippen molar-refractivity contribution in [3.05, 3.63) is 46.8 Å². The molecule has 2 aromatic rings. The maximum Gasteiger partial charge on any atom is 0.360 e. The minimum absolute atomic E-state index is 0.241. The van der Waals surface area contributed by atoms with E-state index in [9.17, 15) is 4.79 Å². The number of methoxy groups -OCH3 is 1. The highest BCUT2D eigenvalue weighted by Crippen LogP contribution is 2.11. The van der Waals surface area contributed by atoms with E-state index in [1.54, 1.807) is 4.68 Å². The molecular formula is C14H18N4O2. The van der Waals surface area contributed by atoms with E-state index in [-0.39, 0.29) is 5.69 Å². The number of aryl methyl sites for hydroxylation is 1. The van der Waals surface area contributed by atoms with Crippen LogP contribution in [0.1, 0.15) is 27.3 Å². The van der Waals surface area contributed by atoms with Gasteiger partial charge >= 0.3 is 5.97 Å². The Balaban J connectivity index is 2.29. The third kappa shape index (κ3) is 3.03. The van der Waals surface area contributed by atoms with Gasteiger partial charge in [-0.2, -0.15) is 0 Å². The first kappa shape index (κ1) is 14.2. The SMILES string of the molecule is COC(=O)c1nnn(Cc2ccc(C)cc2)c1CCN. The maximum atomic E-state index is 11.6. The number of carbonyl (C=O) groups is 1. The van der Waals surface area contributed by atoms with Crippen LogP contribution in [-0.4, -0.2) is 34.6 Å². The van der Waals surface area contributed by atoms with Gasteiger partial charge in [-0.15, -0.1) is 5.10 Å². The lowest BCUT2D eigenvalue weighted by atomic mass is 10.1. The standard InChI is InChI=1S/C14H18N4O2/c1-10-3-5-11(6-4-10)9-18-12(7-8-15)13(16-17-18)14(19)20-2/h3-6H,7-9,15H2,1-2H3. The Morgan fingerprint density at radius 1 is 1.35 bits per heavy atom. The Morgan fingerprint density at radius 2 is 2.05 bits per heavy atom. The number of aromatic nitrogens is 3. The van der Waals surface area contributed by atoms with Crippen molar-refractivity contribution in [3.63, 3.8) is 0 Å². The number of hydrogen-bond donors (Lipinski definition) is 1. The van der Waals surface area contributed by atoms with Gasteiger partial charge in [-0.3, -0.25) is 0 Å². The zero-order valence-corrected chi connectivity index (χ0v) is 11.7. The normalized spacial score (nSPS) is 10.6. The smallest absolute Gasteiger partial charge is 0.360 e. The molecule has 0 atom stereocenters. The van der Waals surface area contributed by atoms with Crippen LogP contribution in [-0.2, 0) is 17.7 Å². The Bertz CT molecular complexity index is 590. The second-order valence-corrected chi connectivity index (χ2v) is 4.56. The van der Waals surface area contributed by atoms with E-state index < -0.39 is 5.97 Å². The molecule has 1 aromatic carbocycles. The van der Waals surface area contributed by atoms with Gasteiger partial charge in [0.25, 0.3) is 0 Å². The predicted molar refractivity (Wildman–Crippen MR) is 74.4 cm³/mol. The van der Waals surface area contributed by atoms with Crippen molar-refractivity contribution in [1.82, 2.24) is 15.0 Å². The van der Waals surface area contributed by atoms with Gasteiger partial charge in [-0.25, -0.2) is 9.48 Å². The summed E-state index contributed by atoms with van der Waals surface area (Å²) in [4.78, 5) is 11.6. The third-order valence-corrected chi connectivity index (χ3v) is 3.05. The summed E-state index contributed by atoms with van der Waals surface area (Å²) in [5.41, 5.74) is 8.83. The number of nitrogens with two attached hydrogens (primary N) is 1. The van der Waals surface area contributed by atoms with E-state index in [1.165, 1.54) is 12.7 Å². The zero-order chi connectivity index (χ0) is 14.5. The maximum absolute atomic E-state index is 11.6. The highest BCUT2D eigenvalue weighted by atomic mass is 16.5. The fraction of sp³-hybridized carbons (Fsp3) is 0.357. The van der Waals surface area contributed by atoms with Crippen LogP contribution in [0, 0.1) is 6.92 Å². The van der Waals surface area contributed by atoms with Gasteiger partial charge in [0.15, 0.2) is 5.69 Å². The van der Waals surface area contributed by atoms with E-state index >= 15 is 0 Å². The van der Waals surface area contributed by atoms with Crippen molar-refractivity contribution in [2.75, 3.05) is 13.7 Å². The van der Waals surface area contributed by atoms with Gasteiger partial charge in [0.2, 0.25) is 0 Å². The average Bonchev–Trinajstić information content (AvgIpc) is 2.84. The second kappa shape index (κ2) is 6.29. The van der Waals surface area contributed by atoms with Crippen molar-refractivity contribution in [2.45, 2.75) is 19.9 Å². The molecule has 0 aliphatic rings. The molecule has 6 nitrogen and oxygen atoms in total. The molecule has 0 fully saturated rings. The molecule has 2 N–H and O–H groups in total. The van der Waals surface area contributed by atoms with Crippen LogP contribution in [0.4, 0.5) is 0 Å². The second-order valence-electron chi connectivity index (χ2n) is 4.56. The van der Waals surface area contributed by atoms with Gasteiger partial charge in [0, 0.05) is 6.42 Å². The van der Waals surface area contributed by atoms with E-state index in [4.69, 9.17) is 10.5 Å². The molecule has 0 amide bonds. The monoisotopic (exact) mass is 274 g/mol. The van der Waals surface area contributed by atoms with Crippen LogP contribution in [0.15, 0.2) is 24.3 Å². The van der Waals surface area contributed by atoms with Crippen LogP contribution >= 0.6 is 0 Å². The summed E-state index contributed by atoms with van der Waals surface area (Å²) >= 11 is 0. The molecule has 1 aromatic heterocycles. The molecule has 0 aliphatic heterocycles. The van der Waals surface area contributed by atoms with Crippen molar-refractivity contribution < 1.29 is 9.53 Å². The van der Waals surface area contributed by atoms with E-state index in [0.29, 0.717) is 25.2 Å². The summed E-state index contributed by atoms with van der Waals surface area (Å²) in [5.74, 6) is -0.483. The fourth-order valence-corrected chi connectivity index (χ4v) is 1.97. The fourth-order valence-electron chi connectivity index (χ4n) is 1.97. The molecular weight excluding hydrogens is 256 g/mol. The molecule has 1 heterocycles. The predicted octanol–water partition coefficient (Wildman–Crippen LogP) is 0.923. The number of carbonyl (C=O) groups excluding carboxylic acids is 1. The van der Waals surface area contributed by atoms with Crippen LogP contribution in [0.2, 0.25) is 0 Å². The van der Waals surface area contributed by atoms with Crippen molar-refractivity contribution in [2.24, 2.45) is 5.73 Å². The van der Waals surface area contributed by atoms with Crippen molar-refractivity contribution in [3.8, 4) is 0 Å². The minimum Gasteiger partial charge on any atom is -0.464 e. The Kier molecular flexibility index (Phi) is 4.47. The van der Waals surface area contributed by atoms with Gasteiger partial charge in [0.1, 0.15) is 0 Å². The lowest BCUT2D eigenvalue weighted by Gasteiger charge is -2.07. The molecule has 0 radical (unpaired) electrons. The van der Waals surface area contributed by atoms with E-state index in [2.05, 4.69) is 10.3 Å². The molecule has 106 valence electrons. The summed E-state index contributed by atoms with van der Waals surface area (Å²) in [5, 5.41) is 7.93. The van der Waals surface area contributed by atoms with Crippen LogP contribution in [0.3, 0.4) is 0 Å². The van der Waals surface area contributed by atoms with Crippen molar-refractivity contribution in [1.29, 1.82) is 0 Å². The van der Waals surface area contributed by atoms with Crippen molar-refractivity contribution >= 4 is 5.97 Å². The van der Waals surface area contributed by atoms with Crippen LogP contribution < -0.4 is 5.73 Å². The average molecular weight is 274 g/mol. The number of rotatable bonds is 5. The first-order valence-corrected chi connectivity index (χ1v) is 6.42. The molecule has 0 saturated carbocycles. The minimum atomic E-state index is -0.483. The molecule has 20 heavy (non-hydrogen) atoms. The Hall–Kier alpha value is -2.21. The number of ether oxygens (including phenoxy) is 1. The summed E-state index contributed by atoms with van der Waals surface area (Å²) in [6, 6.07) is 8.13. The lowest BCUT2D eigenvalue weighted by molar-refractivity contribution is 0.0592. The highest BCUT2D eigenvalue weighted by molar-refractivity contribution is 5.88. The van der Waals surface area contributed by atoms with Gasteiger partial charge in [0.05, 0.1) is 19.3 Å². The number of esters is 1. The summed E-state index contributed by atoms with van der Waals surface area (Å²) in [6.45, 7) is 3.01. The van der Waals surface area contributed by atoms with Gasteiger partial charge < -0.3 is 10.5 Å². The lowest BCUT2D eigenvalue weighted by Crippen LogP contribution is -2.14. The highest BCUT2D eigenvalue weighted by Gasteiger charge is 2.19. The molecule has 2 rings (SSSR count). The first-order chi connectivity index (χ1) is 9.65. The van der Waals surface area contributed by atoms with Gasteiger partial charge in [-0.05, 0) is 19.0 Å². The number of nitrogens with zero attached hydrogens (tertiary/aromatic N) is 3. The van der Waals surface area contributed by atoms with Crippen LogP contribution in [0.25, 0.3) is 0 Å². The Labute approximate surface area is 117 Å². The third-order valence-electron chi connectivity index (χ3n) is 3.05. The summed E-state index contributed by atoms with van der Waals surface area (Å²) in [7, 11) is 1.33. The molecule has 0 unspecified atom stereocenters. The van der Waals surface area contributed by atoms with Crippen LogP contribution in [0.5, 0.6) is 0 Å². The Morgan fingerprint density at radius 3 is 2.65 bits per heavy atom. The number of benzene rings is 1. The van der Waals surface area contributed by atoms with E-state index in [0.717, 1.165) is 5.56 Å². The molecule has 0 spiro atoms. The molecule has 0 aliphatic carbocycles. The largest absolute Gasteiger partial charge is 0.464 e. The summed E-state index contributed by atoms with van der Waals surface area (Å²) < 4.78 is 6.41. The quantitative estimate of drug-likeness (QED) is 0.820. The topological polar surface area (TPSA) is 83.0 Å². The first-order valence-electron chi connectivity index (χ1n) is 6.42. The molecule has 0 bridgehead atoms. The zero-order valence-electron chi connectivity index (χ0n) is 11.7. The molecule has 0 saturated heterocycles. The van der Waals surface area contributed by atoms with E-state index in [1.807, 2.05) is 31.2 Å². The van der Waals surface area contributed by atoms with Gasteiger partial charge in [-0.1, -0.05) is 35.0 Å². The number of hydrogen-bond acceptors (Lipinski definition) is 5.